The molecule has 0 bridgehead atoms. The molecular weight excluding hydrogens is 373 g/mol. The smallest absolute Gasteiger partial charge is 0.276 e. The van der Waals surface area contributed by atoms with Gasteiger partial charge in [0.1, 0.15) is 17.1 Å². The number of aromatic amines is 2. The van der Waals surface area contributed by atoms with E-state index in [4.69, 9.17) is 5.73 Å². The van der Waals surface area contributed by atoms with Gasteiger partial charge in [-0.2, -0.15) is 0 Å². The summed E-state index contributed by atoms with van der Waals surface area (Å²) >= 11 is 0. The van der Waals surface area contributed by atoms with E-state index in [1.54, 1.807) is 0 Å². The van der Waals surface area contributed by atoms with Crippen molar-refractivity contribution in [3.8, 4) is 0 Å². The molecule has 0 spiro atoms. The normalized spacial score (nSPS) is 25.7. The molecule has 15 N–H and O–H groups in total. The van der Waals surface area contributed by atoms with E-state index in [1.165, 1.54) is 6.20 Å². The highest BCUT2D eigenvalue weighted by Crippen LogP contribution is 2.33. The molecule has 0 radical (unpaired) electrons. The van der Waals surface area contributed by atoms with Crippen molar-refractivity contribution in [2.24, 2.45) is 0 Å². The molecule has 4 atom stereocenters. The van der Waals surface area contributed by atoms with E-state index in [2.05, 4.69) is 24.8 Å². The summed E-state index contributed by atoms with van der Waals surface area (Å²) in [5.41, 5.74) is 5.67. The van der Waals surface area contributed by atoms with Gasteiger partial charge in [0.05, 0.1) is 32.6 Å². The number of fused-ring (bicyclic) bond motifs is 1. The third-order valence-corrected chi connectivity index (χ3v) is 4.29. The maximum absolute atomic E-state index is 11.8. The third kappa shape index (κ3) is 4.09. The molecule has 1 saturated heterocycles. The fourth-order valence-electron chi connectivity index (χ4n) is 2.74. The number of nitrogens with two attached hydrogens (primary N) is 1. The minimum absolute atomic E-state index is 0. The van der Waals surface area contributed by atoms with Crippen molar-refractivity contribution >= 4 is 24.8 Å². The molecular formula is C11H22N7O7P. The lowest BCUT2D eigenvalue weighted by molar-refractivity contribution is -0.342. The first kappa shape index (κ1) is 22.2. The first-order valence-corrected chi connectivity index (χ1v) is 8.29. The number of aromatic nitrogens is 3. The lowest BCUT2D eigenvalue weighted by Gasteiger charge is -2.30. The Morgan fingerprint density at radius 3 is 2.58 bits per heavy atom. The molecule has 1 aliphatic rings. The number of hydrogen-bond acceptors (Lipinski definition) is 10. The van der Waals surface area contributed by atoms with Gasteiger partial charge in [-0.25, -0.2) is 4.98 Å². The fraction of sp³-hybridized carbons (Fsp3) is 0.455. The number of hydrogen-bond donors (Lipinski definition) is 8. The van der Waals surface area contributed by atoms with Gasteiger partial charge in [-0.1, -0.05) is 0 Å². The van der Waals surface area contributed by atoms with Crippen LogP contribution in [0.1, 0.15) is 11.6 Å². The van der Waals surface area contributed by atoms with Gasteiger partial charge in [-0.15, -0.1) is 0 Å². The van der Waals surface area contributed by atoms with Crippen LogP contribution in [0.3, 0.4) is 0 Å². The van der Waals surface area contributed by atoms with Crippen molar-refractivity contribution < 1.29 is 29.1 Å². The Morgan fingerprint density at radius 2 is 1.96 bits per heavy atom. The number of rotatable bonds is 4. The van der Waals surface area contributed by atoms with Gasteiger partial charge in [-0.3, -0.25) is 9.78 Å². The van der Waals surface area contributed by atoms with Crippen LogP contribution in [0, 0.1) is 0 Å². The molecule has 15 heteroatoms. The zero-order chi connectivity index (χ0) is 17.6. The third-order valence-electron chi connectivity index (χ3n) is 3.83. The Morgan fingerprint density at radius 1 is 1.31 bits per heavy atom. The van der Waals surface area contributed by atoms with Gasteiger partial charge in [0, 0.05) is 11.8 Å². The molecule has 26 heavy (non-hydrogen) atoms. The number of phosphoric ester groups is 1. The van der Waals surface area contributed by atoms with Gasteiger partial charge in [0.15, 0.2) is 0 Å². The minimum Gasteiger partial charge on any atom is -0.790 e. The Hall–Kier alpha value is -1.87. The maximum atomic E-state index is 11.8. The Bertz CT molecular complexity index is 864. The summed E-state index contributed by atoms with van der Waals surface area (Å²) in [6, 6.07) is -1.89. The van der Waals surface area contributed by atoms with Crippen LogP contribution in [0.5, 0.6) is 0 Å². The largest absolute Gasteiger partial charge is 0.790 e. The number of aliphatic hydroxyl groups excluding tert-OH is 2. The average molecular weight is 395 g/mol. The molecule has 2 aromatic heterocycles. The lowest BCUT2D eigenvalue weighted by Crippen LogP contribution is -2.37. The number of anilines is 1. The molecule has 2 aromatic rings. The molecule has 3 rings (SSSR count). The molecule has 148 valence electrons. The van der Waals surface area contributed by atoms with E-state index in [-0.39, 0.29) is 29.3 Å². The first-order chi connectivity index (χ1) is 11.2. The van der Waals surface area contributed by atoms with Crippen LogP contribution >= 0.6 is 7.82 Å². The van der Waals surface area contributed by atoms with Gasteiger partial charge >= 0.3 is 0 Å². The van der Waals surface area contributed by atoms with E-state index in [0.29, 0.717) is 5.56 Å². The summed E-state index contributed by atoms with van der Waals surface area (Å²) in [6.07, 6.45) is -1.33. The molecule has 0 saturated carbocycles. The summed E-state index contributed by atoms with van der Waals surface area (Å²) in [5.74, 6) is -0.125. The Kier molecular flexibility index (Phi) is 6.64. The van der Waals surface area contributed by atoms with Crippen LogP contribution in [0.25, 0.3) is 11.0 Å². The number of phosphoric acid groups is 1. The lowest BCUT2D eigenvalue weighted by atomic mass is 10.0. The monoisotopic (exact) mass is 395 g/mol. The molecule has 0 aromatic carbocycles. The number of nitrogens with one attached hydrogen (secondary N) is 3. The fourth-order valence-corrected chi connectivity index (χ4v) is 3.09. The van der Waals surface area contributed by atoms with Gasteiger partial charge in [-0.05, 0) is 0 Å². The predicted octanol–water partition coefficient (Wildman–Crippen LogP) is -2.83. The minimum atomic E-state index is -5.21. The van der Waals surface area contributed by atoms with Crippen LogP contribution < -0.4 is 38.7 Å². The summed E-state index contributed by atoms with van der Waals surface area (Å²) in [7, 11) is -5.21. The topological polar surface area (TPSA) is 285 Å². The van der Waals surface area contributed by atoms with E-state index in [1.807, 2.05) is 0 Å². The second-order valence-electron chi connectivity index (χ2n) is 5.39. The number of nitrogen functional groups attached to an aromatic ring is 1. The molecule has 14 nitrogen and oxygen atoms in total. The molecule has 1 aliphatic heterocycles. The zero-order valence-corrected chi connectivity index (χ0v) is 14.9. The molecule has 0 aliphatic carbocycles. The standard InChI is InChI=1S/C11H16N5O7P.2H3N/c12-11-15-5-3(1-13-7(5)10(19)16-11)6-9(18)8(17)4(14-6)2-23-24(20,21)22;;/h1,4,6,8-9,13-14,17-18H,2H2,(H2,20,21,22)(H3,12,15,16,19);2*1H3/t4-,6+,8-,9+;;/m1../s1. The number of H-pyrrole nitrogens is 2. The second kappa shape index (κ2) is 7.79. The number of nitrogens with zero attached hydrogens (tertiary/aromatic N) is 1. The van der Waals surface area contributed by atoms with Gasteiger partial charge < -0.3 is 57.4 Å². The SMILES string of the molecule is Nc1nc2c([C@@H]3N[C@H](COP(=O)([O-])[O-])[C@@H](O)[C@H]3O)c[nH]c2c(=O)[nH]1.[NH4+].[NH4+]. The van der Waals surface area contributed by atoms with E-state index in [0.717, 1.165) is 0 Å². The van der Waals surface area contributed by atoms with Crippen molar-refractivity contribution in [2.75, 3.05) is 12.3 Å². The van der Waals surface area contributed by atoms with Crippen LogP contribution in [-0.2, 0) is 9.09 Å². The predicted molar refractivity (Wildman–Crippen MR) is 88.3 cm³/mol. The summed E-state index contributed by atoms with van der Waals surface area (Å²) in [4.78, 5) is 41.9. The Labute approximate surface area is 146 Å². The van der Waals surface area contributed by atoms with Crippen LogP contribution in [-0.4, -0.2) is 50.0 Å². The van der Waals surface area contributed by atoms with Crippen molar-refractivity contribution in [3.63, 3.8) is 0 Å². The average Bonchev–Trinajstić information content (AvgIpc) is 3.00. The summed E-state index contributed by atoms with van der Waals surface area (Å²) < 4.78 is 14.7. The first-order valence-electron chi connectivity index (χ1n) is 6.83. The van der Waals surface area contributed by atoms with Crippen molar-refractivity contribution in [1.82, 2.24) is 32.6 Å². The molecule has 3 heterocycles. The quantitative estimate of drug-likeness (QED) is 0.245. The summed E-state index contributed by atoms with van der Waals surface area (Å²) in [6.45, 7) is -0.641. The molecule has 0 amide bonds. The van der Waals surface area contributed by atoms with Crippen LogP contribution in [0.2, 0.25) is 0 Å². The maximum Gasteiger partial charge on any atom is 0.276 e. The summed E-state index contributed by atoms with van der Waals surface area (Å²) in [5, 5.41) is 22.9. The van der Waals surface area contributed by atoms with E-state index < -0.39 is 44.3 Å². The number of quaternary nitrogens is 2. The van der Waals surface area contributed by atoms with Gasteiger partial charge in [0.25, 0.3) is 5.56 Å². The highest BCUT2D eigenvalue weighted by Gasteiger charge is 2.43. The van der Waals surface area contributed by atoms with E-state index >= 15 is 0 Å². The highest BCUT2D eigenvalue weighted by molar-refractivity contribution is 7.43. The zero-order valence-electron chi connectivity index (χ0n) is 14.0. The van der Waals surface area contributed by atoms with E-state index in [9.17, 15) is 29.4 Å². The van der Waals surface area contributed by atoms with Crippen molar-refractivity contribution in [1.29, 1.82) is 0 Å². The highest BCUT2D eigenvalue weighted by atomic mass is 31.2. The second-order valence-corrected chi connectivity index (χ2v) is 6.55. The van der Waals surface area contributed by atoms with Crippen molar-refractivity contribution in [3.05, 3.63) is 22.1 Å². The van der Waals surface area contributed by atoms with Crippen LogP contribution in [0.4, 0.5) is 5.95 Å². The molecule has 0 unspecified atom stereocenters. The molecule has 1 fully saturated rings. The Balaban J connectivity index is 0.00000169. The van der Waals surface area contributed by atoms with Gasteiger partial charge in [0.2, 0.25) is 5.95 Å². The van der Waals surface area contributed by atoms with Crippen molar-refractivity contribution in [2.45, 2.75) is 24.3 Å². The number of aliphatic hydroxyl groups is 2. The van der Waals surface area contributed by atoms with Crippen LogP contribution in [0.15, 0.2) is 11.0 Å².